The summed E-state index contributed by atoms with van der Waals surface area (Å²) in [5.41, 5.74) is 5.95. The summed E-state index contributed by atoms with van der Waals surface area (Å²) < 4.78 is 4.96. The Morgan fingerprint density at radius 2 is 1.96 bits per heavy atom. The van der Waals surface area contributed by atoms with Crippen molar-refractivity contribution in [1.29, 1.82) is 0 Å². The van der Waals surface area contributed by atoms with E-state index in [0.29, 0.717) is 31.4 Å². The molecule has 0 bridgehead atoms. The maximum absolute atomic E-state index is 11.4. The number of rotatable bonds is 9. The SMILES string of the molecule is NC(CCCCNC(=O)OCc1ccc([N+](=O)[O-])cc1)C(=O)O. The number of carbonyl (C=O) groups is 2. The van der Waals surface area contributed by atoms with E-state index in [2.05, 4.69) is 5.32 Å². The number of alkyl carbamates (subject to hydrolysis) is 1. The van der Waals surface area contributed by atoms with Crippen LogP contribution in [0.3, 0.4) is 0 Å². The lowest BCUT2D eigenvalue weighted by atomic mass is 10.1. The van der Waals surface area contributed by atoms with Gasteiger partial charge in [0, 0.05) is 18.7 Å². The van der Waals surface area contributed by atoms with Gasteiger partial charge in [0.2, 0.25) is 0 Å². The summed E-state index contributed by atoms with van der Waals surface area (Å²) in [6.07, 6.45) is 0.907. The molecule has 1 aromatic carbocycles. The smallest absolute Gasteiger partial charge is 0.407 e. The van der Waals surface area contributed by atoms with Crippen molar-refractivity contribution in [1.82, 2.24) is 5.32 Å². The lowest BCUT2D eigenvalue weighted by molar-refractivity contribution is -0.384. The fourth-order valence-electron chi connectivity index (χ4n) is 1.72. The fraction of sp³-hybridized carbons (Fsp3) is 0.429. The van der Waals surface area contributed by atoms with Crippen molar-refractivity contribution in [3.8, 4) is 0 Å². The van der Waals surface area contributed by atoms with Crippen LogP contribution in [0, 0.1) is 10.1 Å². The number of nitrogens with one attached hydrogen (secondary N) is 1. The molecule has 1 aromatic rings. The first kappa shape index (κ1) is 18.4. The molecule has 126 valence electrons. The Labute approximate surface area is 132 Å². The van der Waals surface area contributed by atoms with Gasteiger partial charge in [-0.2, -0.15) is 0 Å². The number of nitro benzene ring substituents is 1. The highest BCUT2D eigenvalue weighted by Crippen LogP contribution is 2.12. The van der Waals surface area contributed by atoms with Gasteiger partial charge >= 0.3 is 12.1 Å². The fourth-order valence-corrected chi connectivity index (χ4v) is 1.72. The van der Waals surface area contributed by atoms with E-state index >= 15 is 0 Å². The highest BCUT2D eigenvalue weighted by atomic mass is 16.6. The highest BCUT2D eigenvalue weighted by Gasteiger charge is 2.10. The number of nitrogens with two attached hydrogens (primary N) is 1. The van der Waals surface area contributed by atoms with E-state index in [1.807, 2.05) is 0 Å². The van der Waals surface area contributed by atoms with Crippen LogP contribution in [0.1, 0.15) is 24.8 Å². The molecule has 0 saturated heterocycles. The number of benzene rings is 1. The van der Waals surface area contributed by atoms with Crippen LogP contribution >= 0.6 is 0 Å². The Balaban J connectivity index is 2.17. The molecule has 4 N–H and O–H groups in total. The second kappa shape index (κ2) is 9.36. The summed E-state index contributed by atoms with van der Waals surface area (Å²) in [5, 5.41) is 21.6. The molecule has 0 aliphatic carbocycles. The molecule has 23 heavy (non-hydrogen) atoms. The molecule has 0 fully saturated rings. The van der Waals surface area contributed by atoms with Crippen molar-refractivity contribution in [3.63, 3.8) is 0 Å². The standard InChI is InChI=1S/C14H19N3O6/c15-12(13(18)19)3-1-2-8-16-14(20)23-9-10-4-6-11(7-5-10)17(21)22/h4-7,12H,1-3,8-9,15H2,(H,16,20)(H,18,19). The number of carboxylic acids is 1. The number of nitro groups is 1. The van der Waals surface area contributed by atoms with Crippen LogP contribution < -0.4 is 11.1 Å². The van der Waals surface area contributed by atoms with E-state index in [-0.39, 0.29) is 12.3 Å². The van der Waals surface area contributed by atoms with Gasteiger partial charge in [-0.1, -0.05) is 0 Å². The van der Waals surface area contributed by atoms with Crippen LogP contribution in [0.25, 0.3) is 0 Å². The number of carboxylic acid groups (broad SMARTS) is 1. The van der Waals surface area contributed by atoms with Crippen molar-refractivity contribution in [2.75, 3.05) is 6.54 Å². The zero-order chi connectivity index (χ0) is 17.2. The first-order valence-corrected chi connectivity index (χ1v) is 7.02. The second-order valence-electron chi connectivity index (χ2n) is 4.87. The first-order chi connectivity index (χ1) is 10.9. The van der Waals surface area contributed by atoms with E-state index in [1.165, 1.54) is 24.3 Å². The van der Waals surface area contributed by atoms with Crippen LogP contribution in [0.15, 0.2) is 24.3 Å². The number of ether oxygens (including phenoxy) is 1. The number of hydrogen-bond donors (Lipinski definition) is 3. The molecule has 0 aromatic heterocycles. The zero-order valence-corrected chi connectivity index (χ0v) is 12.4. The highest BCUT2D eigenvalue weighted by molar-refractivity contribution is 5.72. The topological polar surface area (TPSA) is 145 Å². The quantitative estimate of drug-likeness (QED) is 0.353. The molecule has 0 heterocycles. The van der Waals surface area contributed by atoms with E-state index in [9.17, 15) is 19.7 Å². The third-order valence-electron chi connectivity index (χ3n) is 3.05. The molecule has 9 nitrogen and oxygen atoms in total. The Morgan fingerprint density at radius 3 is 2.52 bits per heavy atom. The molecule has 9 heteroatoms. The Kier molecular flexibility index (Phi) is 7.48. The van der Waals surface area contributed by atoms with Crippen LogP contribution in [0.2, 0.25) is 0 Å². The molecular formula is C14H19N3O6. The Bertz CT molecular complexity index is 546. The van der Waals surface area contributed by atoms with Gasteiger partial charge in [-0.3, -0.25) is 14.9 Å². The molecule has 1 unspecified atom stereocenters. The number of amides is 1. The number of nitrogens with zero attached hydrogens (tertiary/aromatic N) is 1. The van der Waals surface area contributed by atoms with Gasteiger partial charge in [0.05, 0.1) is 4.92 Å². The summed E-state index contributed by atoms with van der Waals surface area (Å²) in [6.45, 7) is 0.360. The number of aliphatic carboxylic acids is 1. The molecule has 1 rings (SSSR count). The average Bonchev–Trinajstić information content (AvgIpc) is 2.52. The van der Waals surface area contributed by atoms with Crippen molar-refractivity contribution in [3.05, 3.63) is 39.9 Å². The molecule has 0 aliphatic rings. The minimum atomic E-state index is -1.04. The minimum absolute atomic E-state index is 0.00765. The van der Waals surface area contributed by atoms with Crippen molar-refractivity contribution in [2.45, 2.75) is 31.9 Å². The van der Waals surface area contributed by atoms with E-state index in [0.717, 1.165) is 0 Å². The molecule has 0 radical (unpaired) electrons. The van der Waals surface area contributed by atoms with Crippen LogP contribution in [-0.4, -0.2) is 34.7 Å². The summed E-state index contributed by atoms with van der Waals surface area (Å²) in [6, 6.07) is 4.81. The Morgan fingerprint density at radius 1 is 1.30 bits per heavy atom. The minimum Gasteiger partial charge on any atom is -0.480 e. The molecular weight excluding hydrogens is 306 g/mol. The predicted octanol–water partition coefficient (Wildman–Crippen LogP) is 1.40. The van der Waals surface area contributed by atoms with Gasteiger partial charge in [-0.15, -0.1) is 0 Å². The van der Waals surface area contributed by atoms with Gasteiger partial charge in [-0.25, -0.2) is 4.79 Å². The van der Waals surface area contributed by atoms with E-state index < -0.39 is 23.0 Å². The Hall–Kier alpha value is -2.68. The third kappa shape index (κ3) is 7.23. The van der Waals surface area contributed by atoms with Gasteiger partial charge in [0.15, 0.2) is 0 Å². The van der Waals surface area contributed by atoms with Gasteiger partial charge in [-0.05, 0) is 37.0 Å². The lowest BCUT2D eigenvalue weighted by Crippen LogP contribution is -2.30. The first-order valence-electron chi connectivity index (χ1n) is 7.02. The molecule has 0 aliphatic heterocycles. The van der Waals surface area contributed by atoms with Crippen molar-refractivity contribution < 1.29 is 24.4 Å². The summed E-state index contributed by atoms with van der Waals surface area (Å²) in [5.74, 6) is -1.04. The predicted molar refractivity (Wildman–Crippen MR) is 80.7 cm³/mol. The second-order valence-corrected chi connectivity index (χ2v) is 4.87. The molecule has 0 saturated carbocycles. The largest absolute Gasteiger partial charge is 0.480 e. The molecule has 1 atom stereocenters. The van der Waals surface area contributed by atoms with Gasteiger partial charge in [0.1, 0.15) is 12.6 Å². The third-order valence-corrected chi connectivity index (χ3v) is 3.05. The van der Waals surface area contributed by atoms with E-state index in [1.54, 1.807) is 0 Å². The van der Waals surface area contributed by atoms with Crippen molar-refractivity contribution >= 4 is 17.7 Å². The normalized spacial score (nSPS) is 11.5. The summed E-state index contributed by atoms with van der Waals surface area (Å²) in [7, 11) is 0. The summed E-state index contributed by atoms with van der Waals surface area (Å²) >= 11 is 0. The maximum Gasteiger partial charge on any atom is 0.407 e. The van der Waals surface area contributed by atoms with Gasteiger partial charge < -0.3 is 20.9 Å². The number of carbonyl (C=O) groups excluding carboxylic acids is 1. The number of hydrogen-bond acceptors (Lipinski definition) is 6. The number of non-ortho nitro benzene ring substituents is 1. The molecule has 0 spiro atoms. The zero-order valence-electron chi connectivity index (χ0n) is 12.4. The van der Waals surface area contributed by atoms with Gasteiger partial charge in [0.25, 0.3) is 5.69 Å². The average molecular weight is 325 g/mol. The van der Waals surface area contributed by atoms with Crippen LogP contribution in [0.4, 0.5) is 10.5 Å². The molecule has 1 amide bonds. The van der Waals surface area contributed by atoms with Crippen LogP contribution in [0.5, 0.6) is 0 Å². The van der Waals surface area contributed by atoms with Crippen LogP contribution in [-0.2, 0) is 16.1 Å². The monoisotopic (exact) mass is 325 g/mol. The summed E-state index contributed by atoms with van der Waals surface area (Å²) in [4.78, 5) is 31.9. The van der Waals surface area contributed by atoms with E-state index in [4.69, 9.17) is 15.6 Å². The number of unbranched alkanes of at least 4 members (excludes halogenated alkanes) is 1. The lowest BCUT2D eigenvalue weighted by Gasteiger charge is -2.08. The van der Waals surface area contributed by atoms with Crippen molar-refractivity contribution in [2.24, 2.45) is 5.73 Å². The maximum atomic E-state index is 11.4.